The zero-order valence-corrected chi connectivity index (χ0v) is 19.0. The largest absolute Gasteiger partial charge is 0.469 e. The van der Waals surface area contributed by atoms with Crippen LogP contribution < -0.4 is 0 Å². The van der Waals surface area contributed by atoms with Crippen molar-refractivity contribution in [2.75, 3.05) is 38.9 Å². The zero-order chi connectivity index (χ0) is 20.2. The van der Waals surface area contributed by atoms with Crippen molar-refractivity contribution in [1.82, 2.24) is 0 Å². The van der Waals surface area contributed by atoms with Crippen molar-refractivity contribution < 1.29 is 28.3 Å². The van der Waals surface area contributed by atoms with E-state index < -0.39 is 7.82 Å². The average Bonchev–Trinajstić information content (AvgIpc) is 2.63. The highest BCUT2D eigenvalue weighted by atomic mass is 32.2. The van der Waals surface area contributed by atoms with Gasteiger partial charge in [0.15, 0.2) is 0 Å². The predicted molar refractivity (Wildman–Crippen MR) is 113 cm³/mol. The first-order chi connectivity index (χ1) is 13.0. The minimum absolute atomic E-state index is 0.0685. The van der Waals surface area contributed by atoms with Crippen LogP contribution in [0, 0.1) is 0 Å². The Hall–Kier alpha value is 0.380. The van der Waals surface area contributed by atoms with Crippen LogP contribution in [0.25, 0.3) is 0 Å². The lowest BCUT2D eigenvalue weighted by Gasteiger charge is -2.15. The normalized spacial score (nSPS) is 13.2. The van der Waals surface area contributed by atoms with Crippen LogP contribution in [0.4, 0.5) is 0 Å². The van der Waals surface area contributed by atoms with Gasteiger partial charge in [-0.25, -0.2) is 4.57 Å². The highest BCUT2D eigenvalue weighted by Crippen LogP contribution is 2.36. The number of hydrogen-bond donors (Lipinski definition) is 2. The third kappa shape index (κ3) is 22.5. The second-order valence-corrected chi connectivity index (χ2v) is 9.34. The molecule has 27 heavy (non-hydrogen) atoms. The summed E-state index contributed by atoms with van der Waals surface area (Å²) in [6.07, 6.45) is 15.4. The third-order valence-electron chi connectivity index (χ3n) is 4.45. The van der Waals surface area contributed by atoms with Crippen molar-refractivity contribution in [3.05, 3.63) is 0 Å². The van der Waals surface area contributed by atoms with Crippen LogP contribution >= 0.6 is 19.6 Å². The standard InChI is InChI=1S/C19H41O6PS/c1-23-15-13-11-9-7-5-3-4-6-8-10-12-14-16-27-18-19(24-2)17-25-26(20,21)22/h19H,3-18H2,1-2H3,(H2,20,21,22). The number of phosphoric ester groups is 1. The van der Waals surface area contributed by atoms with Crippen LogP contribution in [0.1, 0.15) is 77.0 Å². The van der Waals surface area contributed by atoms with Gasteiger partial charge in [-0.1, -0.05) is 64.2 Å². The van der Waals surface area contributed by atoms with E-state index in [0.29, 0.717) is 5.75 Å². The number of unbranched alkanes of at least 4 members (excludes halogenated alkanes) is 11. The monoisotopic (exact) mass is 428 g/mol. The Morgan fingerprint density at radius 3 is 1.74 bits per heavy atom. The molecule has 0 aliphatic heterocycles. The number of ether oxygens (including phenoxy) is 2. The number of thioether (sulfide) groups is 1. The molecule has 1 unspecified atom stereocenters. The molecule has 0 aliphatic rings. The smallest absolute Gasteiger partial charge is 0.385 e. The summed E-state index contributed by atoms with van der Waals surface area (Å²) in [4.78, 5) is 17.4. The molecule has 2 N–H and O–H groups in total. The molecule has 0 amide bonds. The lowest BCUT2D eigenvalue weighted by molar-refractivity contribution is 0.0605. The molecule has 8 heteroatoms. The highest BCUT2D eigenvalue weighted by molar-refractivity contribution is 7.99. The van der Waals surface area contributed by atoms with Crippen molar-refractivity contribution in [3.8, 4) is 0 Å². The molecule has 0 bridgehead atoms. The van der Waals surface area contributed by atoms with Crippen molar-refractivity contribution in [3.63, 3.8) is 0 Å². The maximum atomic E-state index is 10.7. The molecule has 164 valence electrons. The van der Waals surface area contributed by atoms with Crippen molar-refractivity contribution >= 4 is 19.6 Å². The first-order valence-corrected chi connectivity index (χ1v) is 13.0. The van der Waals surface area contributed by atoms with Crippen molar-refractivity contribution in [1.29, 1.82) is 0 Å². The van der Waals surface area contributed by atoms with E-state index in [9.17, 15) is 4.57 Å². The summed E-state index contributed by atoms with van der Waals surface area (Å²) in [5.41, 5.74) is 0. The average molecular weight is 429 g/mol. The summed E-state index contributed by atoms with van der Waals surface area (Å²) in [7, 11) is -1.10. The molecule has 0 heterocycles. The molecule has 0 aromatic heterocycles. The lowest BCUT2D eigenvalue weighted by atomic mass is 10.1. The Labute approximate surface area is 170 Å². The van der Waals surface area contributed by atoms with Gasteiger partial charge >= 0.3 is 7.82 Å². The minimum atomic E-state index is -4.40. The Kier molecular flexibility index (Phi) is 20.0. The molecule has 0 spiro atoms. The number of methoxy groups -OCH3 is 2. The fourth-order valence-corrected chi connectivity index (χ4v) is 4.23. The van der Waals surface area contributed by atoms with Crippen LogP contribution in [0.3, 0.4) is 0 Å². The van der Waals surface area contributed by atoms with Gasteiger partial charge in [-0.15, -0.1) is 0 Å². The van der Waals surface area contributed by atoms with E-state index in [1.807, 2.05) is 0 Å². The van der Waals surface area contributed by atoms with Gasteiger partial charge in [0.2, 0.25) is 0 Å². The number of hydrogen-bond acceptors (Lipinski definition) is 5. The molecule has 0 aromatic rings. The highest BCUT2D eigenvalue weighted by Gasteiger charge is 2.17. The molecule has 6 nitrogen and oxygen atoms in total. The minimum Gasteiger partial charge on any atom is -0.385 e. The van der Waals surface area contributed by atoms with Gasteiger partial charge in [0, 0.05) is 26.6 Å². The van der Waals surface area contributed by atoms with Crippen LogP contribution in [-0.2, 0) is 18.6 Å². The summed E-state index contributed by atoms with van der Waals surface area (Å²) in [5, 5.41) is 0. The fourth-order valence-electron chi connectivity index (χ4n) is 2.80. The molecule has 0 aliphatic carbocycles. The van der Waals surface area contributed by atoms with E-state index in [1.54, 1.807) is 18.9 Å². The summed E-state index contributed by atoms with van der Waals surface area (Å²) in [6.45, 7) is 0.831. The van der Waals surface area contributed by atoms with Gasteiger partial charge in [-0.3, -0.25) is 4.52 Å². The molecule has 1 atom stereocenters. The SMILES string of the molecule is COCCCCCCCCCCCCCCSCC(COP(=O)(O)O)OC. The molecule has 0 radical (unpaired) electrons. The van der Waals surface area contributed by atoms with E-state index in [1.165, 1.54) is 84.2 Å². The molecular weight excluding hydrogens is 387 g/mol. The molecular formula is C19H41O6PS. The second kappa shape index (κ2) is 19.7. The Bertz CT molecular complexity index is 353. The van der Waals surface area contributed by atoms with Gasteiger partial charge in [0.25, 0.3) is 0 Å². The van der Waals surface area contributed by atoms with Gasteiger partial charge in [0.1, 0.15) is 0 Å². The first-order valence-electron chi connectivity index (χ1n) is 10.3. The Morgan fingerprint density at radius 1 is 0.815 bits per heavy atom. The maximum Gasteiger partial charge on any atom is 0.469 e. The summed E-state index contributed by atoms with van der Waals surface area (Å²) >= 11 is 1.75. The zero-order valence-electron chi connectivity index (χ0n) is 17.3. The summed E-state index contributed by atoms with van der Waals surface area (Å²) in [5.74, 6) is 1.75. The molecule has 0 rings (SSSR count). The van der Waals surface area contributed by atoms with Crippen LogP contribution in [0.5, 0.6) is 0 Å². The maximum absolute atomic E-state index is 10.7. The van der Waals surface area contributed by atoms with Gasteiger partial charge in [-0.2, -0.15) is 11.8 Å². The first kappa shape index (κ1) is 27.4. The molecule has 0 aromatic carbocycles. The van der Waals surface area contributed by atoms with E-state index >= 15 is 0 Å². The van der Waals surface area contributed by atoms with Gasteiger partial charge in [0.05, 0.1) is 12.7 Å². The topological polar surface area (TPSA) is 85.2 Å². The summed E-state index contributed by atoms with van der Waals surface area (Å²) < 4.78 is 25.4. The van der Waals surface area contributed by atoms with Crippen molar-refractivity contribution in [2.45, 2.75) is 83.2 Å². The van der Waals surface area contributed by atoms with Crippen LogP contribution in [0.15, 0.2) is 0 Å². The quantitative estimate of drug-likeness (QED) is 0.193. The van der Waals surface area contributed by atoms with E-state index in [4.69, 9.17) is 19.3 Å². The predicted octanol–water partition coefficient (Wildman–Crippen LogP) is 5.17. The fraction of sp³-hybridized carbons (Fsp3) is 1.00. The second-order valence-electron chi connectivity index (χ2n) is 6.95. The van der Waals surface area contributed by atoms with Gasteiger partial charge in [-0.05, 0) is 18.6 Å². The Balaban J connectivity index is 3.25. The van der Waals surface area contributed by atoms with Crippen molar-refractivity contribution in [2.24, 2.45) is 0 Å². The number of rotatable bonds is 21. The number of phosphoric acid groups is 1. The van der Waals surface area contributed by atoms with E-state index in [2.05, 4.69) is 4.52 Å². The van der Waals surface area contributed by atoms with Crippen LogP contribution in [0.2, 0.25) is 0 Å². The molecule has 0 saturated carbocycles. The van der Waals surface area contributed by atoms with Gasteiger partial charge < -0.3 is 19.3 Å². The third-order valence-corrected chi connectivity index (χ3v) is 6.12. The Morgan fingerprint density at radius 2 is 1.30 bits per heavy atom. The molecule has 0 fully saturated rings. The van der Waals surface area contributed by atoms with E-state index in [-0.39, 0.29) is 12.7 Å². The lowest BCUT2D eigenvalue weighted by Crippen LogP contribution is -2.20. The van der Waals surface area contributed by atoms with Crippen LogP contribution in [-0.4, -0.2) is 54.8 Å². The summed E-state index contributed by atoms with van der Waals surface area (Å²) in [6, 6.07) is 0. The van der Waals surface area contributed by atoms with E-state index in [0.717, 1.165) is 12.4 Å². The molecule has 0 saturated heterocycles.